The summed E-state index contributed by atoms with van der Waals surface area (Å²) in [6.45, 7) is 0. The second-order valence-corrected chi connectivity index (χ2v) is 12.9. The highest BCUT2D eigenvalue weighted by molar-refractivity contribution is 9.10. The number of allylic oxidation sites excluding steroid dienone is 2. The van der Waals surface area contributed by atoms with Crippen LogP contribution in [0.4, 0.5) is 27.6 Å². The maximum Gasteiger partial charge on any atom is 0.258 e. The lowest BCUT2D eigenvalue weighted by Gasteiger charge is -2.50. The number of hydroxylamine groups is 2. The van der Waals surface area contributed by atoms with Gasteiger partial charge in [0.05, 0.1) is 18.9 Å². The van der Waals surface area contributed by atoms with E-state index in [2.05, 4.69) is 15.9 Å². The van der Waals surface area contributed by atoms with E-state index in [1.807, 2.05) is 0 Å². The SMILES string of the molecule is COc1cc(Br)cc([C@H]2C3=CC[C@@H]4C(=O)N(O)C(=O)[C@@H]4[C@@H]3C[C@@]3(Cl)C(=O)N(c4c(F)c(F)c(F)c(F)c4F)C(=O)[C@@]23Cl)c1O. The number of hydrogen-bond donors (Lipinski definition) is 2. The lowest BCUT2D eigenvalue weighted by Crippen LogP contribution is -2.60. The Bertz CT molecular complexity index is 1750. The molecule has 2 aliphatic heterocycles. The van der Waals surface area contributed by atoms with Gasteiger partial charge in [-0.2, -0.15) is 5.06 Å². The van der Waals surface area contributed by atoms with Gasteiger partial charge >= 0.3 is 0 Å². The van der Waals surface area contributed by atoms with Crippen LogP contribution < -0.4 is 9.64 Å². The molecule has 44 heavy (non-hydrogen) atoms. The monoisotopic (exact) mass is 724 g/mol. The lowest BCUT2D eigenvalue weighted by atomic mass is 9.56. The Hall–Kier alpha value is -3.27. The maximum atomic E-state index is 15.0. The Morgan fingerprint density at radius 2 is 1.52 bits per heavy atom. The maximum absolute atomic E-state index is 15.0. The summed E-state index contributed by atoms with van der Waals surface area (Å²) in [6, 6.07) is 2.59. The molecule has 232 valence electrons. The first kappa shape index (κ1) is 30.7. The fraction of sp³-hybridized carbons (Fsp3) is 0.333. The molecule has 4 amide bonds. The van der Waals surface area contributed by atoms with E-state index in [1.165, 1.54) is 25.3 Å². The van der Waals surface area contributed by atoms with Crippen molar-refractivity contribution in [2.45, 2.75) is 28.5 Å². The number of methoxy groups -OCH3 is 1. The molecule has 6 rings (SSSR count). The van der Waals surface area contributed by atoms with Crippen molar-refractivity contribution in [1.82, 2.24) is 5.06 Å². The molecule has 17 heteroatoms. The Morgan fingerprint density at radius 1 is 0.932 bits per heavy atom. The minimum absolute atomic E-state index is 0.0878. The number of nitrogens with zero attached hydrogens (tertiary/aromatic N) is 2. The van der Waals surface area contributed by atoms with Gasteiger partial charge in [0.1, 0.15) is 5.69 Å². The van der Waals surface area contributed by atoms with Crippen LogP contribution in [0.25, 0.3) is 0 Å². The van der Waals surface area contributed by atoms with Crippen molar-refractivity contribution in [3.63, 3.8) is 0 Å². The molecule has 0 bridgehead atoms. The number of amides is 4. The van der Waals surface area contributed by atoms with Crippen LogP contribution in [-0.2, 0) is 19.2 Å². The molecule has 2 heterocycles. The average Bonchev–Trinajstić information content (AvgIpc) is 3.30. The van der Waals surface area contributed by atoms with Gasteiger partial charge in [0.2, 0.25) is 5.82 Å². The zero-order valence-corrected chi connectivity index (χ0v) is 24.9. The molecule has 6 atom stereocenters. The summed E-state index contributed by atoms with van der Waals surface area (Å²) in [4.78, 5) is 48.0. The Labute approximate surface area is 261 Å². The van der Waals surface area contributed by atoms with Gasteiger partial charge in [-0.1, -0.05) is 27.6 Å². The number of aromatic hydroxyl groups is 1. The zero-order valence-electron chi connectivity index (χ0n) is 21.8. The number of ether oxygens (including phenoxy) is 1. The first-order valence-corrected chi connectivity index (χ1v) is 14.2. The highest BCUT2D eigenvalue weighted by Crippen LogP contribution is 2.67. The third kappa shape index (κ3) is 3.60. The molecule has 2 aromatic carbocycles. The van der Waals surface area contributed by atoms with Crippen molar-refractivity contribution in [2.24, 2.45) is 17.8 Å². The molecule has 0 radical (unpaired) electrons. The smallest absolute Gasteiger partial charge is 0.258 e. The highest BCUT2D eigenvalue weighted by Gasteiger charge is 2.77. The van der Waals surface area contributed by atoms with Crippen molar-refractivity contribution in [3.8, 4) is 11.5 Å². The summed E-state index contributed by atoms with van der Waals surface area (Å²) in [6.07, 6.45) is 0.482. The molecule has 4 aliphatic rings. The first-order chi connectivity index (χ1) is 20.5. The second-order valence-electron chi connectivity index (χ2n) is 10.7. The van der Waals surface area contributed by atoms with Crippen molar-refractivity contribution < 1.29 is 56.2 Å². The van der Waals surface area contributed by atoms with Crippen LogP contribution in [0.5, 0.6) is 11.5 Å². The van der Waals surface area contributed by atoms with E-state index in [1.54, 1.807) is 0 Å². The largest absolute Gasteiger partial charge is 0.504 e. The van der Waals surface area contributed by atoms with Crippen LogP contribution >= 0.6 is 39.1 Å². The van der Waals surface area contributed by atoms with E-state index in [9.17, 15) is 42.7 Å². The van der Waals surface area contributed by atoms with Crippen LogP contribution in [0.2, 0.25) is 0 Å². The number of carbonyl (C=O) groups excluding carboxylic acids is 4. The topological polar surface area (TPSA) is 124 Å². The minimum Gasteiger partial charge on any atom is -0.504 e. The summed E-state index contributed by atoms with van der Waals surface area (Å²) in [5, 5.41) is 21.2. The van der Waals surface area contributed by atoms with Crippen LogP contribution in [0.1, 0.15) is 24.3 Å². The van der Waals surface area contributed by atoms with Gasteiger partial charge in [-0.05, 0) is 30.9 Å². The van der Waals surface area contributed by atoms with Gasteiger partial charge in [0, 0.05) is 16.0 Å². The van der Waals surface area contributed by atoms with E-state index in [-0.39, 0.29) is 37.7 Å². The van der Waals surface area contributed by atoms with Gasteiger partial charge in [-0.15, -0.1) is 23.2 Å². The molecule has 0 spiro atoms. The summed E-state index contributed by atoms with van der Waals surface area (Å²) in [5.74, 6) is -24.1. The number of halogens is 8. The second kappa shape index (κ2) is 9.86. The summed E-state index contributed by atoms with van der Waals surface area (Å²) < 4.78 is 77.9. The molecule has 2 N–H and O–H groups in total. The van der Waals surface area contributed by atoms with Crippen molar-refractivity contribution in [1.29, 1.82) is 0 Å². The van der Waals surface area contributed by atoms with Crippen molar-refractivity contribution in [2.75, 3.05) is 12.0 Å². The molecular formula is C27H16BrCl2F5N2O7. The van der Waals surface area contributed by atoms with Crippen molar-refractivity contribution >= 4 is 68.4 Å². The van der Waals surface area contributed by atoms with Gasteiger partial charge in [0.15, 0.2) is 44.5 Å². The number of phenolic OH excluding ortho intramolecular Hbond substituents is 1. The normalized spacial score (nSPS) is 31.3. The molecule has 9 nitrogen and oxygen atoms in total. The molecule has 2 aliphatic carbocycles. The molecular weight excluding hydrogens is 710 g/mol. The van der Waals surface area contributed by atoms with Gasteiger partial charge in [0.25, 0.3) is 23.6 Å². The standard InChI is InChI=1S/C27H16BrCl2F5N2O7/c1-44-12-5-7(28)4-10(21(12)38)14-8-2-3-9-13(23(40)37(43)22(9)39)11(8)6-26(29)24(41)36(25(42)27(14,26)30)20-18(34)16(32)15(31)17(33)19(20)35/h2,4-5,9,11,13-14,38,43H,3,6H2,1H3/t9-,11+,13-,14+,26+,27-/m0/s1. The predicted molar refractivity (Wildman–Crippen MR) is 142 cm³/mol. The zero-order chi connectivity index (χ0) is 32.4. The molecule has 2 aromatic rings. The quantitative estimate of drug-likeness (QED) is 0.0886. The number of imide groups is 2. The molecule has 2 saturated heterocycles. The van der Waals surface area contributed by atoms with E-state index in [0.717, 1.165) is 0 Å². The van der Waals surface area contributed by atoms with Crippen molar-refractivity contribution in [3.05, 3.63) is 62.9 Å². The number of hydrogen-bond acceptors (Lipinski definition) is 7. The van der Waals surface area contributed by atoms with Crippen LogP contribution in [0.15, 0.2) is 28.3 Å². The minimum atomic E-state index is -2.82. The number of alkyl halides is 2. The number of fused-ring (bicyclic) bond motifs is 4. The number of phenols is 1. The van der Waals surface area contributed by atoms with Gasteiger partial charge < -0.3 is 9.84 Å². The molecule has 3 fully saturated rings. The van der Waals surface area contributed by atoms with Crippen LogP contribution in [0, 0.1) is 46.8 Å². The number of anilines is 1. The van der Waals surface area contributed by atoms with Crippen LogP contribution in [0.3, 0.4) is 0 Å². The Balaban J connectivity index is 1.65. The number of carbonyl (C=O) groups is 4. The summed E-state index contributed by atoms with van der Waals surface area (Å²) >= 11 is 17.1. The van der Waals surface area contributed by atoms with E-state index < -0.39 is 104 Å². The average molecular weight is 726 g/mol. The summed E-state index contributed by atoms with van der Waals surface area (Å²) in [7, 11) is 1.19. The van der Waals surface area contributed by atoms with E-state index in [4.69, 9.17) is 27.9 Å². The third-order valence-electron chi connectivity index (χ3n) is 8.80. The van der Waals surface area contributed by atoms with Gasteiger partial charge in [-0.3, -0.25) is 24.4 Å². The van der Waals surface area contributed by atoms with Gasteiger partial charge in [-0.25, -0.2) is 26.9 Å². The Kier molecular flexibility index (Phi) is 6.89. The first-order valence-electron chi connectivity index (χ1n) is 12.7. The predicted octanol–water partition coefficient (Wildman–Crippen LogP) is 4.81. The third-order valence-corrected chi connectivity index (χ3v) is 10.7. The molecule has 1 saturated carbocycles. The van der Waals surface area contributed by atoms with Crippen LogP contribution in [-0.4, -0.2) is 55.9 Å². The molecule has 0 aromatic heterocycles. The van der Waals surface area contributed by atoms with E-state index >= 15 is 8.78 Å². The molecule has 0 unspecified atom stereocenters. The Morgan fingerprint density at radius 3 is 2.11 bits per heavy atom. The number of rotatable bonds is 3. The fourth-order valence-corrected chi connectivity index (χ4v) is 8.25. The fourth-order valence-electron chi connectivity index (χ4n) is 6.87. The number of benzene rings is 2. The van der Waals surface area contributed by atoms with E-state index in [0.29, 0.717) is 0 Å². The lowest BCUT2D eigenvalue weighted by molar-refractivity contribution is -0.173. The highest BCUT2D eigenvalue weighted by atomic mass is 79.9. The summed E-state index contributed by atoms with van der Waals surface area (Å²) in [5.41, 5.74) is -2.07.